The van der Waals surface area contributed by atoms with E-state index in [9.17, 15) is 13.2 Å². The van der Waals surface area contributed by atoms with Crippen LogP contribution in [0.2, 0.25) is 0 Å². The first-order valence-corrected chi connectivity index (χ1v) is 7.73. The van der Waals surface area contributed by atoms with Crippen molar-refractivity contribution in [2.24, 2.45) is 0 Å². The molecule has 106 valence electrons. The normalized spacial score (nSPS) is 22.6. The summed E-state index contributed by atoms with van der Waals surface area (Å²) in [5, 5.41) is 9.14. The van der Waals surface area contributed by atoms with Crippen molar-refractivity contribution in [3.8, 4) is 0 Å². The van der Waals surface area contributed by atoms with Crippen LogP contribution in [0, 0.1) is 0 Å². The standard InChI is InChI=1S/C11H22N2O4S/c1-4-12(9(2)3)18(16,17)13-8-6-5-7-10(13)11(14)15/h9-10H,4-8H2,1-3H3,(H,14,15). The maximum atomic E-state index is 12.5. The molecule has 1 unspecified atom stereocenters. The van der Waals surface area contributed by atoms with E-state index in [4.69, 9.17) is 5.11 Å². The minimum atomic E-state index is -3.68. The van der Waals surface area contributed by atoms with E-state index in [1.807, 2.05) is 0 Å². The van der Waals surface area contributed by atoms with Crippen molar-refractivity contribution < 1.29 is 18.3 Å². The second kappa shape index (κ2) is 5.99. The summed E-state index contributed by atoms with van der Waals surface area (Å²) >= 11 is 0. The molecule has 0 spiro atoms. The molecule has 0 aromatic rings. The molecule has 1 aliphatic rings. The topological polar surface area (TPSA) is 77.9 Å². The number of carboxylic acid groups (broad SMARTS) is 1. The summed E-state index contributed by atoms with van der Waals surface area (Å²) in [6, 6.07) is -1.09. The molecular weight excluding hydrogens is 256 g/mol. The summed E-state index contributed by atoms with van der Waals surface area (Å²) in [7, 11) is -3.68. The van der Waals surface area contributed by atoms with Crippen molar-refractivity contribution in [3.63, 3.8) is 0 Å². The minimum absolute atomic E-state index is 0.170. The van der Waals surface area contributed by atoms with E-state index in [1.165, 1.54) is 4.31 Å². The van der Waals surface area contributed by atoms with Crippen molar-refractivity contribution in [1.82, 2.24) is 8.61 Å². The third-order valence-electron chi connectivity index (χ3n) is 3.22. The molecule has 7 heteroatoms. The van der Waals surface area contributed by atoms with Gasteiger partial charge in [-0.2, -0.15) is 17.0 Å². The zero-order valence-corrected chi connectivity index (χ0v) is 12.0. The quantitative estimate of drug-likeness (QED) is 0.810. The molecule has 0 aliphatic carbocycles. The number of nitrogens with zero attached hydrogens (tertiary/aromatic N) is 2. The highest BCUT2D eigenvalue weighted by atomic mass is 32.2. The van der Waals surface area contributed by atoms with Gasteiger partial charge in [-0.05, 0) is 33.1 Å². The van der Waals surface area contributed by atoms with Crippen LogP contribution in [0.15, 0.2) is 0 Å². The molecule has 1 fully saturated rings. The second-order valence-electron chi connectivity index (χ2n) is 4.77. The van der Waals surface area contributed by atoms with Gasteiger partial charge in [0.25, 0.3) is 10.2 Å². The van der Waals surface area contributed by atoms with Gasteiger partial charge in [0, 0.05) is 19.1 Å². The van der Waals surface area contributed by atoms with Crippen LogP contribution in [-0.4, -0.2) is 53.3 Å². The van der Waals surface area contributed by atoms with E-state index in [1.54, 1.807) is 20.8 Å². The number of carbonyl (C=O) groups is 1. The molecular formula is C11H22N2O4S. The highest BCUT2D eigenvalue weighted by Crippen LogP contribution is 2.23. The van der Waals surface area contributed by atoms with E-state index in [-0.39, 0.29) is 6.04 Å². The Morgan fingerprint density at radius 3 is 2.50 bits per heavy atom. The smallest absolute Gasteiger partial charge is 0.322 e. The molecule has 1 rings (SSSR count). The van der Waals surface area contributed by atoms with Crippen LogP contribution >= 0.6 is 0 Å². The molecule has 0 radical (unpaired) electrons. The van der Waals surface area contributed by atoms with Gasteiger partial charge in [-0.25, -0.2) is 0 Å². The number of hydrogen-bond donors (Lipinski definition) is 1. The summed E-state index contributed by atoms with van der Waals surface area (Å²) in [4.78, 5) is 11.2. The fraction of sp³-hybridized carbons (Fsp3) is 0.909. The van der Waals surface area contributed by atoms with Crippen molar-refractivity contribution >= 4 is 16.2 Å². The molecule has 1 heterocycles. The van der Waals surface area contributed by atoms with Crippen molar-refractivity contribution in [1.29, 1.82) is 0 Å². The van der Waals surface area contributed by atoms with Crippen LogP contribution in [0.5, 0.6) is 0 Å². The summed E-state index contributed by atoms with van der Waals surface area (Å²) in [5.74, 6) is -1.06. The number of carboxylic acids is 1. The second-order valence-corrected chi connectivity index (χ2v) is 6.60. The molecule has 0 amide bonds. The molecule has 0 aromatic heterocycles. The fourth-order valence-corrected chi connectivity index (χ4v) is 4.36. The van der Waals surface area contributed by atoms with Gasteiger partial charge in [-0.15, -0.1) is 0 Å². The van der Waals surface area contributed by atoms with Crippen LogP contribution in [0.3, 0.4) is 0 Å². The zero-order valence-electron chi connectivity index (χ0n) is 11.2. The maximum Gasteiger partial charge on any atom is 0.322 e. The summed E-state index contributed by atoms with van der Waals surface area (Å²) in [6.07, 6.45) is 1.87. The average molecular weight is 278 g/mol. The van der Waals surface area contributed by atoms with E-state index in [2.05, 4.69) is 0 Å². The van der Waals surface area contributed by atoms with Crippen molar-refractivity contribution in [2.45, 2.75) is 52.1 Å². The average Bonchev–Trinajstić information content (AvgIpc) is 2.28. The molecule has 0 saturated carbocycles. The summed E-state index contributed by atoms with van der Waals surface area (Å²) in [5.41, 5.74) is 0. The van der Waals surface area contributed by atoms with Crippen LogP contribution in [0.1, 0.15) is 40.0 Å². The Balaban J connectivity index is 3.04. The van der Waals surface area contributed by atoms with Gasteiger partial charge >= 0.3 is 5.97 Å². The van der Waals surface area contributed by atoms with Gasteiger partial charge in [-0.3, -0.25) is 4.79 Å². The molecule has 0 bridgehead atoms. The van der Waals surface area contributed by atoms with E-state index < -0.39 is 22.2 Å². The zero-order chi connectivity index (χ0) is 13.9. The Kier molecular flexibility index (Phi) is 5.12. The molecule has 1 aliphatic heterocycles. The maximum absolute atomic E-state index is 12.5. The van der Waals surface area contributed by atoms with E-state index in [0.717, 1.165) is 17.1 Å². The minimum Gasteiger partial charge on any atom is -0.480 e. The highest BCUT2D eigenvalue weighted by Gasteiger charge is 2.40. The molecule has 1 N–H and O–H groups in total. The lowest BCUT2D eigenvalue weighted by molar-refractivity contribution is -0.142. The van der Waals surface area contributed by atoms with Gasteiger partial charge in [0.05, 0.1) is 0 Å². The van der Waals surface area contributed by atoms with Crippen LogP contribution < -0.4 is 0 Å². The fourth-order valence-electron chi connectivity index (χ4n) is 2.36. The number of aliphatic carboxylic acids is 1. The largest absolute Gasteiger partial charge is 0.480 e. The molecule has 1 saturated heterocycles. The summed E-state index contributed by atoms with van der Waals surface area (Å²) in [6.45, 7) is 5.99. The Morgan fingerprint density at radius 2 is 2.06 bits per heavy atom. The first-order chi connectivity index (χ1) is 8.32. The lowest BCUT2D eigenvalue weighted by Crippen LogP contribution is -2.54. The number of piperidine rings is 1. The third-order valence-corrected chi connectivity index (χ3v) is 5.52. The molecule has 6 nitrogen and oxygen atoms in total. The Hall–Kier alpha value is -0.660. The highest BCUT2D eigenvalue weighted by molar-refractivity contribution is 7.86. The first-order valence-electron chi connectivity index (χ1n) is 6.33. The van der Waals surface area contributed by atoms with Gasteiger partial charge < -0.3 is 5.11 Å². The van der Waals surface area contributed by atoms with Crippen molar-refractivity contribution in [3.05, 3.63) is 0 Å². The Bertz CT molecular complexity index is 394. The van der Waals surface area contributed by atoms with Crippen LogP contribution in [-0.2, 0) is 15.0 Å². The lowest BCUT2D eigenvalue weighted by atomic mass is 10.1. The molecule has 0 aromatic carbocycles. The number of rotatable bonds is 5. The first kappa shape index (κ1) is 15.4. The predicted molar refractivity (Wildman–Crippen MR) is 68.4 cm³/mol. The van der Waals surface area contributed by atoms with Crippen LogP contribution in [0.25, 0.3) is 0 Å². The summed E-state index contributed by atoms with van der Waals surface area (Å²) < 4.78 is 27.4. The SMILES string of the molecule is CCN(C(C)C)S(=O)(=O)N1CCCCC1C(=O)O. The predicted octanol–water partition coefficient (Wildman–Crippen LogP) is 0.901. The van der Waals surface area contributed by atoms with Gasteiger partial charge in [-0.1, -0.05) is 6.92 Å². The Morgan fingerprint density at radius 1 is 1.44 bits per heavy atom. The van der Waals surface area contributed by atoms with Crippen molar-refractivity contribution in [2.75, 3.05) is 13.1 Å². The van der Waals surface area contributed by atoms with Crippen LogP contribution in [0.4, 0.5) is 0 Å². The molecule has 18 heavy (non-hydrogen) atoms. The molecule has 1 atom stereocenters. The van der Waals surface area contributed by atoms with E-state index >= 15 is 0 Å². The van der Waals surface area contributed by atoms with E-state index in [0.29, 0.717) is 19.5 Å². The Labute approximate surface area is 109 Å². The van der Waals surface area contributed by atoms with Gasteiger partial charge in [0.15, 0.2) is 0 Å². The monoisotopic (exact) mass is 278 g/mol. The van der Waals surface area contributed by atoms with Gasteiger partial charge in [0.2, 0.25) is 0 Å². The van der Waals surface area contributed by atoms with Gasteiger partial charge in [0.1, 0.15) is 6.04 Å². The number of hydrogen-bond acceptors (Lipinski definition) is 3. The lowest BCUT2D eigenvalue weighted by Gasteiger charge is -2.37. The third kappa shape index (κ3) is 3.02.